The van der Waals surface area contributed by atoms with Gasteiger partial charge in [-0.3, -0.25) is 15.0 Å². The first-order valence-corrected chi connectivity index (χ1v) is 11.8. The predicted octanol–water partition coefficient (Wildman–Crippen LogP) is 3.36. The number of benzene rings is 1. The van der Waals surface area contributed by atoms with E-state index in [-0.39, 0.29) is 28.9 Å². The first-order valence-electron chi connectivity index (χ1n) is 11.0. The maximum absolute atomic E-state index is 12.6. The summed E-state index contributed by atoms with van der Waals surface area (Å²) in [5, 5.41) is 14.9. The Hall–Kier alpha value is -3.99. The van der Waals surface area contributed by atoms with E-state index in [2.05, 4.69) is 10.1 Å². The largest absolute Gasteiger partial charge is 0.465 e. The molecule has 0 bridgehead atoms. The molecule has 3 aliphatic rings. The first-order chi connectivity index (χ1) is 16.9. The van der Waals surface area contributed by atoms with Crippen molar-refractivity contribution in [3.05, 3.63) is 53.3 Å². The van der Waals surface area contributed by atoms with Crippen LogP contribution in [-0.2, 0) is 14.3 Å². The monoisotopic (exact) mass is 491 g/mol. The van der Waals surface area contributed by atoms with Crippen molar-refractivity contribution in [3.63, 3.8) is 0 Å². The maximum atomic E-state index is 12.6. The predicted molar refractivity (Wildman–Crippen MR) is 131 cm³/mol. The van der Waals surface area contributed by atoms with Crippen molar-refractivity contribution in [1.82, 2.24) is 9.91 Å². The molecule has 4 heterocycles. The van der Waals surface area contributed by atoms with Gasteiger partial charge in [-0.2, -0.15) is 15.1 Å². The second-order valence-corrected chi connectivity index (χ2v) is 9.09. The standard InChI is InChI=1S/C24H21N5O5S/c1-33-23(32)15-6-4-14(5-7-15)18-9-8-16(34-18)12-17-21(25)29-24(26-22(17)31)35-19(27-29)13-20(30)28-10-2-3-11-28/h4-9,12,25H,2-3,10-11,13H2,1H3/b17-12-,25-21?. The fourth-order valence-corrected chi connectivity index (χ4v) is 4.80. The van der Waals surface area contributed by atoms with Crippen molar-refractivity contribution >= 4 is 51.7 Å². The van der Waals surface area contributed by atoms with Crippen molar-refractivity contribution in [2.45, 2.75) is 19.3 Å². The number of ether oxygens (including phenoxy) is 1. The minimum atomic E-state index is -0.573. The normalized spacial score (nSPS) is 18.6. The Morgan fingerprint density at radius 3 is 2.63 bits per heavy atom. The third-order valence-electron chi connectivity index (χ3n) is 5.76. The van der Waals surface area contributed by atoms with E-state index in [0.29, 0.717) is 22.1 Å². The van der Waals surface area contributed by atoms with Crippen LogP contribution in [0.4, 0.5) is 0 Å². The Morgan fingerprint density at radius 1 is 1.17 bits per heavy atom. The molecule has 35 heavy (non-hydrogen) atoms. The summed E-state index contributed by atoms with van der Waals surface area (Å²) in [6, 6.07) is 10.1. The van der Waals surface area contributed by atoms with Crippen molar-refractivity contribution < 1.29 is 23.5 Å². The van der Waals surface area contributed by atoms with Gasteiger partial charge in [0.2, 0.25) is 11.1 Å². The molecule has 0 atom stereocenters. The second-order valence-electron chi connectivity index (χ2n) is 8.05. The molecular weight excluding hydrogens is 470 g/mol. The number of amides is 2. The van der Waals surface area contributed by atoms with E-state index in [1.54, 1.807) is 36.4 Å². The second kappa shape index (κ2) is 9.34. The van der Waals surface area contributed by atoms with Crippen LogP contribution in [0, 0.1) is 5.41 Å². The summed E-state index contributed by atoms with van der Waals surface area (Å²) >= 11 is 1.14. The molecule has 1 saturated heterocycles. The molecule has 0 radical (unpaired) electrons. The lowest BCUT2D eigenvalue weighted by Gasteiger charge is -2.19. The lowest BCUT2D eigenvalue weighted by atomic mass is 10.1. The van der Waals surface area contributed by atoms with E-state index in [1.807, 2.05) is 4.90 Å². The van der Waals surface area contributed by atoms with Crippen LogP contribution in [0.1, 0.15) is 35.4 Å². The van der Waals surface area contributed by atoms with Gasteiger partial charge in [0.25, 0.3) is 5.91 Å². The smallest absolute Gasteiger partial charge is 0.337 e. The van der Waals surface area contributed by atoms with Gasteiger partial charge < -0.3 is 14.1 Å². The van der Waals surface area contributed by atoms with Gasteiger partial charge in [0.15, 0.2) is 5.84 Å². The number of hydrogen-bond donors (Lipinski definition) is 1. The number of aliphatic imine (C=N–C) groups is 1. The highest BCUT2D eigenvalue weighted by atomic mass is 32.2. The van der Waals surface area contributed by atoms with Gasteiger partial charge in [0.1, 0.15) is 16.6 Å². The quantitative estimate of drug-likeness (QED) is 0.502. The number of rotatable bonds is 5. The molecule has 0 aliphatic carbocycles. The Kier molecular flexibility index (Phi) is 6.08. The summed E-state index contributed by atoms with van der Waals surface area (Å²) < 4.78 is 10.5. The van der Waals surface area contributed by atoms with Crippen LogP contribution in [0.3, 0.4) is 0 Å². The number of methoxy groups -OCH3 is 1. The summed E-state index contributed by atoms with van der Waals surface area (Å²) in [5.74, 6) is -0.241. The van der Waals surface area contributed by atoms with Gasteiger partial charge in [-0.1, -0.05) is 12.1 Å². The third kappa shape index (κ3) is 4.54. The van der Waals surface area contributed by atoms with Crippen LogP contribution in [0.15, 0.2) is 56.5 Å². The molecule has 0 spiro atoms. The van der Waals surface area contributed by atoms with Gasteiger partial charge in [0, 0.05) is 18.7 Å². The van der Waals surface area contributed by atoms with Crippen molar-refractivity contribution in [2.24, 2.45) is 10.1 Å². The zero-order valence-corrected chi connectivity index (χ0v) is 19.6. The number of nitrogens with one attached hydrogen (secondary N) is 1. The molecule has 2 aromatic rings. The summed E-state index contributed by atoms with van der Waals surface area (Å²) in [6.07, 6.45) is 3.58. The third-order valence-corrected chi connectivity index (χ3v) is 6.67. The van der Waals surface area contributed by atoms with E-state index in [4.69, 9.17) is 14.6 Å². The lowest BCUT2D eigenvalue weighted by Crippen LogP contribution is -2.35. The zero-order valence-electron chi connectivity index (χ0n) is 18.8. The molecule has 1 fully saturated rings. The van der Waals surface area contributed by atoms with Crippen LogP contribution < -0.4 is 0 Å². The number of carbonyl (C=O) groups is 3. The minimum absolute atomic E-state index is 0.00875. The van der Waals surface area contributed by atoms with E-state index < -0.39 is 11.9 Å². The molecule has 0 saturated carbocycles. The molecule has 5 rings (SSSR count). The van der Waals surface area contributed by atoms with Gasteiger partial charge in [-0.25, -0.2) is 4.79 Å². The summed E-state index contributed by atoms with van der Waals surface area (Å²) in [4.78, 5) is 42.6. The summed E-state index contributed by atoms with van der Waals surface area (Å²) in [5.41, 5.74) is 1.19. The van der Waals surface area contributed by atoms with E-state index >= 15 is 0 Å². The van der Waals surface area contributed by atoms with E-state index in [9.17, 15) is 14.4 Å². The fraction of sp³-hybridized carbons (Fsp3) is 0.250. The molecule has 1 aromatic carbocycles. The summed E-state index contributed by atoms with van der Waals surface area (Å²) in [6.45, 7) is 1.51. The molecule has 0 unspecified atom stereocenters. The Labute approximate surface area is 204 Å². The van der Waals surface area contributed by atoms with Gasteiger partial charge >= 0.3 is 5.97 Å². The van der Waals surface area contributed by atoms with Crippen LogP contribution in [-0.4, -0.2) is 63.9 Å². The Bertz CT molecular complexity index is 1320. The average Bonchev–Trinajstić information content (AvgIpc) is 3.62. The van der Waals surface area contributed by atoms with Gasteiger partial charge in [-0.05, 0) is 54.9 Å². The van der Waals surface area contributed by atoms with E-state index in [0.717, 1.165) is 43.3 Å². The maximum Gasteiger partial charge on any atom is 0.337 e. The lowest BCUT2D eigenvalue weighted by molar-refractivity contribution is -0.128. The molecule has 1 aromatic heterocycles. The van der Waals surface area contributed by atoms with Crippen LogP contribution >= 0.6 is 11.8 Å². The molecule has 11 heteroatoms. The van der Waals surface area contributed by atoms with Crippen LogP contribution in [0.25, 0.3) is 17.4 Å². The summed E-state index contributed by atoms with van der Waals surface area (Å²) in [7, 11) is 1.32. The topological polar surface area (TPSA) is 129 Å². The molecule has 3 aliphatic heterocycles. The average molecular weight is 492 g/mol. The number of nitrogens with zero attached hydrogens (tertiary/aromatic N) is 4. The number of thioether (sulfide) groups is 1. The number of hydrogen-bond acceptors (Lipinski definition) is 8. The molecule has 1 N–H and O–H groups in total. The van der Waals surface area contributed by atoms with E-state index in [1.165, 1.54) is 18.2 Å². The number of carbonyl (C=O) groups excluding carboxylic acids is 3. The number of furan rings is 1. The number of likely N-dealkylation sites (tertiary alicyclic amines) is 1. The first kappa shape index (κ1) is 22.8. The molecule has 2 amide bonds. The Morgan fingerprint density at radius 2 is 1.91 bits per heavy atom. The van der Waals surface area contributed by atoms with Crippen LogP contribution in [0.2, 0.25) is 0 Å². The molecule has 178 valence electrons. The SMILES string of the molecule is COC(=O)c1ccc(-c2ccc(/C=C3/C(=N)N4N=C(CC(=O)N5CCCC5)SC4=NC3=O)o2)cc1. The highest BCUT2D eigenvalue weighted by Gasteiger charge is 2.36. The zero-order chi connectivity index (χ0) is 24.5. The van der Waals surface area contributed by atoms with Crippen molar-refractivity contribution in [2.75, 3.05) is 20.2 Å². The number of hydrazone groups is 1. The molecular formula is C24H21N5O5S. The molecule has 10 nitrogen and oxygen atoms in total. The number of amidine groups is 2. The van der Waals surface area contributed by atoms with Gasteiger partial charge in [0.05, 0.1) is 24.7 Å². The minimum Gasteiger partial charge on any atom is -0.465 e. The van der Waals surface area contributed by atoms with Crippen molar-refractivity contribution in [3.8, 4) is 11.3 Å². The highest BCUT2D eigenvalue weighted by Crippen LogP contribution is 2.31. The Balaban J connectivity index is 1.32. The fourth-order valence-electron chi connectivity index (χ4n) is 3.93. The van der Waals surface area contributed by atoms with Crippen LogP contribution in [0.5, 0.6) is 0 Å². The highest BCUT2D eigenvalue weighted by molar-refractivity contribution is 8.27. The van der Waals surface area contributed by atoms with Gasteiger partial charge in [-0.15, -0.1) is 0 Å². The van der Waals surface area contributed by atoms with Crippen molar-refractivity contribution in [1.29, 1.82) is 5.41 Å². The number of fused-ring (bicyclic) bond motifs is 1. The number of esters is 1.